The monoisotopic (exact) mass is 203 g/mol. The van der Waals surface area contributed by atoms with Gasteiger partial charge in [-0.05, 0) is 12.1 Å². The minimum atomic E-state index is -0.615. The normalized spacial score (nSPS) is 10.1. The van der Waals surface area contributed by atoms with Crippen molar-refractivity contribution in [3.05, 3.63) is 36.2 Å². The molecular formula is C9H9N5O. The highest BCUT2D eigenvalue weighted by atomic mass is 16.1. The Bertz CT molecular complexity index is 505. The Morgan fingerprint density at radius 1 is 1.33 bits per heavy atom. The van der Waals surface area contributed by atoms with Crippen LogP contribution in [0.2, 0.25) is 0 Å². The number of aromatic nitrogens is 3. The van der Waals surface area contributed by atoms with Gasteiger partial charge in [0.15, 0.2) is 5.69 Å². The summed E-state index contributed by atoms with van der Waals surface area (Å²) in [7, 11) is 0. The smallest absolute Gasteiger partial charge is 0.270 e. The number of primary amides is 1. The molecule has 0 fully saturated rings. The average molecular weight is 203 g/mol. The first-order valence-corrected chi connectivity index (χ1v) is 4.25. The van der Waals surface area contributed by atoms with Gasteiger partial charge in [0.1, 0.15) is 0 Å². The molecule has 2 rings (SSSR count). The van der Waals surface area contributed by atoms with E-state index in [4.69, 9.17) is 11.5 Å². The maximum atomic E-state index is 10.8. The van der Waals surface area contributed by atoms with E-state index in [2.05, 4.69) is 10.3 Å². The number of hydrogen-bond acceptors (Lipinski definition) is 4. The molecule has 0 bridgehead atoms. The molecule has 0 aliphatic carbocycles. The van der Waals surface area contributed by atoms with Gasteiger partial charge < -0.3 is 11.5 Å². The lowest BCUT2D eigenvalue weighted by Crippen LogP contribution is -2.11. The average Bonchev–Trinajstić information content (AvgIpc) is 2.67. The van der Waals surface area contributed by atoms with Gasteiger partial charge in [-0.15, -0.1) is 5.10 Å². The number of nitrogens with zero attached hydrogens (tertiary/aromatic N) is 3. The van der Waals surface area contributed by atoms with E-state index in [9.17, 15) is 4.79 Å². The molecular weight excluding hydrogens is 194 g/mol. The number of nitrogen functional groups attached to an aromatic ring is 1. The molecule has 1 aromatic carbocycles. The molecule has 1 aromatic heterocycles. The minimum Gasteiger partial charge on any atom is -0.397 e. The number of para-hydroxylation sites is 2. The van der Waals surface area contributed by atoms with Crippen LogP contribution in [0, 0.1) is 0 Å². The second-order valence-corrected chi connectivity index (χ2v) is 2.97. The Labute approximate surface area is 85.5 Å². The second kappa shape index (κ2) is 3.41. The summed E-state index contributed by atoms with van der Waals surface area (Å²) in [5.74, 6) is -0.615. The van der Waals surface area contributed by atoms with Crippen molar-refractivity contribution in [3.63, 3.8) is 0 Å². The molecule has 0 spiro atoms. The quantitative estimate of drug-likeness (QED) is 0.668. The first-order valence-electron chi connectivity index (χ1n) is 4.25. The maximum Gasteiger partial charge on any atom is 0.270 e. The van der Waals surface area contributed by atoms with E-state index >= 15 is 0 Å². The number of hydrogen-bond donors (Lipinski definition) is 2. The van der Waals surface area contributed by atoms with Gasteiger partial charge in [-0.25, -0.2) is 4.68 Å². The van der Waals surface area contributed by atoms with Crippen molar-refractivity contribution in [2.45, 2.75) is 0 Å². The fraction of sp³-hybridized carbons (Fsp3) is 0. The van der Waals surface area contributed by atoms with E-state index < -0.39 is 5.91 Å². The number of nitrogens with two attached hydrogens (primary N) is 2. The van der Waals surface area contributed by atoms with Crippen LogP contribution in [0.4, 0.5) is 5.69 Å². The Balaban J connectivity index is 2.46. The molecule has 1 heterocycles. The molecule has 6 heteroatoms. The number of rotatable bonds is 2. The zero-order valence-corrected chi connectivity index (χ0v) is 7.79. The third-order valence-corrected chi connectivity index (χ3v) is 1.93. The summed E-state index contributed by atoms with van der Waals surface area (Å²) in [5.41, 5.74) is 12.1. The van der Waals surface area contributed by atoms with Crippen LogP contribution < -0.4 is 11.5 Å². The maximum absolute atomic E-state index is 10.8. The van der Waals surface area contributed by atoms with E-state index in [0.717, 1.165) is 0 Å². The van der Waals surface area contributed by atoms with Crippen molar-refractivity contribution < 1.29 is 4.79 Å². The molecule has 0 aliphatic heterocycles. The number of benzene rings is 1. The molecule has 76 valence electrons. The lowest BCUT2D eigenvalue weighted by Gasteiger charge is -2.02. The summed E-state index contributed by atoms with van der Waals surface area (Å²) in [6.07, 6.45) is 1.44. The Morgan fingerprint density at radius 3 is 2.67 bits per heavy atom. The summed E-state index contributed by atoms with van der Waals surface area (Å²) >= 11 is 0. The summed E-state index contributed by atoms with van der Waals surface area (Å²) in [4.78, 5) is 10.8. The predicted octanol–water partition coefficient (Wildman–Crippen LogP) is -0.0516. The van der Waals surface area contributed by atoms with Gasteiger partial charge in [0.2, 0.25) is 0 Å². The lowest BCUT2D eigenvalue weighted by atomic mass is 10.3. The van der Waals surface area contributed by atoms with Crippen molar-refractivity contribution in [2.24, 2.45) is 5.73 Å². The van der Waals surface area contributed by atoms with E-state index in [1.54, 1.807) is 12.1 Å². The first kappa shape index (κ1) is 9.20. The van der Waals surface area contributed by atoms with Crippen LogP contribution >= 0.6 is 0 Å². The van der Waals surface area contributed by atoms with Crippen molar-refractivity contribution >= 4 is 11.6 Å². The molecule has 6 nitrogen and oxygen atoms in total. The van der Waals surface area contributed by atoms with Crippen LogP contribution in [-0.4, -0.2) is 20.9 Å². The molecule has 15 heavy (non-hydrogen) atoms. The van der Waals surface area contributed by atoms with Crippen LogP contribution in [0.25, 0.3) is 5.69 Å². The summed E-state index contributed by atoms with van der Waals surface area (Å²) in [6, 6.07) is 7.14. The number of carbonyl (C=O) groups excluding carboxylic acids is 1. The van der Waals surface area contributed by atoms with Crippen molar-refractivity contribution in [3.8, 4) is 5.69 Å². The Morgan fingerprint density at radius 2 is 2.07 bits per heavy atom. The van der Waals surface area contributed by atoms with E-state index in [1.165, 1.54) is 10.9 Å². The fourth-order valence-corrected chi connectivity index (χ4v) is 1.19. The molecule has 2 aromatic rings. The van der Waals surface area contributed by atoms with Gasteiger partial charge in [0, 0.05) is 0 Å². The highest BCUT2D eigenvalue weighted by Crippen LogP contribution is 2.14. The third kappa shape index (κ3) is 1.64. The van der Waals surface area contributed by atoms with Gasteiger partial charge in [0.05, 0.1) is 17.6 Å². The first-order chi connectivity index (χ1) is 7.18. The molecule has 0 radical (unpaired) electrons. The Hall–Kier alpha value is -2.37. The predicted molar refractivity (Wildman–Crippen MR) is 54.3 cm³/mol. The number of carbonyl (C=O) groups is 1. The third-order valence-electron chi connectivity index (χ3n) is 1.93. The van der Waals surface area contributed by atoms with Gasteiger partial charge in [-0.2, -0.15) is 0 Å². The SMILES string of the molecule is NC(=O)c1cn(-c2ccccc2N)nn1. The van der Waals surface area contributed by atoms with Gasteiger partial charge >= 0.3 is 0 Å². The van der Waals surface area contributed by atoms with Crippen LogP contribution in [-0.2, 0) is 0 Å². The number of anilines is 1. The van der Waals surface area contributed by atoms with Gasteiger partial charge in [-0.1, -0.05) is 17.3 Å². The summed E-state index contributed by atoms with van der Waals surface area (Å²) in [5, 5.41) is 7.37. The second-order valence-electron chi connectivity index (χ2n) is 2.97. The number of amides is 1. The van der Waals surface area contributed by atoms with Crippen molar-refractivity contribution in [1.29, 1.82) is 0 Å². The van der Waals surface area contributed by atoms with Crippen molar-refractivity contribution in [1.82, 2.24) is 15.0 Å². The highest BCUT2D eigenvalue weighted by molar-refractivity contribution is 5.90. The highest BCUT2D eigenvalue weighted by Gasteiger charge is 2.08. The minimum absolute atomic E-state index is 0.109. The molecule has 0 unspecified atom stereocenters. The Kier molecular flexibility index (Phi) is 2.09. The lowest BCUT2D eigenvalue weighted by molar-refractivity contribution is 0.0995. The zero-order valence-electron chi connectivity index (χ0n) is 7.79. The topological polar surface area (TPSA) is 99.8 Å². The molecule has 0 aliphatic rings. The molecule has 0 saturated heterocycles. The van der Waals surface area contributed by atoms with E-state index in [0.29, 0.717) is 11.4 Å². The fourth-order valence-electron chi connectivity index (χ4n) is 1.19. The molecule has 4 N–H and O–H groups in total. The van der Waals surface area contributed by atoms with E-state index in [1.807, 2.05) is 12.1 Å². The summed E-state index contributed by atoms with van der Waals surface area (Å²) in [6.45, 7) is 0. The molecule has 0 atom stereocenters. The van der Waals surface area contributed by atoms with Gasteiger partial charge in [0.25, 0.3) is 5.91 Å². The standard InChI is InChI=1S/C9H9N5O/c10-6-3-1-2-4-8(6)14-5-7(9(11)15)12-13-14/h1-5H,10H2,(H2,11,15). The zero-order chi connectivity index (χ0) is 10.8. The molecule has 0 saturated carbocycles. The van der Waals surface area contributed by atoms with Crippen LogP contribution in [0.3, 0.4) is 0 Å². The van der Waals surface area contributed by atoms with Gasteiger partial charge in [-0.3, -0.25) is 4.79 Å². The largest absolute Gasteiger partial charge is 0.397 e. The molecule has 1 amide bonds. The van der Waals surface area contributed by atoms with E-state index in [-0.39, 0.29) is 5.69 Å². The summed E-state index contributed by atoms with van der Waals surface area (Å²) < 4.78 is 1.41. The van der Waals surface area contributed by atoms with Crippen LogP contribution in [0.1, 0.15) is 10.5 Å². The van der Waals surface area contributed by atoms with Crippen molar-refractivity contribution in [2.75, 3.05) is 5.73 Å². The van der Waals surface area contributed by atoms with Crippen LogP contribution in [0.15, 0.2) is 30.5 Å². The van der Waals surface area contributed by atoms with Crippen LogP contribution in [0.5, 0.6) is 0 Å².